The zero-order valence-corrected chi connectivity index (χ0v) is 20.4. The normalized spacial score (nSPS) is 11.1. The van der Waals surface area contributed by atoms with E-state index in [2.05, 4.69) is 25.9 Å². The van der Waals surface area contributed by atoms with Gasteiger partial charge in [-0.2, -0.15) is 9.90 Å². The molecule has 160 valence electrons. The summed E-state index contributed by atoms with van der Waals surface area (Å²) in [6.45, 7) is 3.56. The molecule has 0 aliphatic carbocycles. The lowest BCUT2D eigenvalue weighted by Gasteiger charge is -2.08. The van der Waals surface area contributed by atoms with Crippen LogP contribution in [0.15, 0.2) is 0 Å². The van der Waals surface area contributed by atoms with E-state index in [-0.39, 0.29) is 9.90 Å². The molecule has 2 heteroatoms. The van der Waals surface area contributed by atoms with Crippen molar-refractivity contribution in [2.24, 2.45) is 0 Å². The summed E-state index contributed by atoms with van der Waals surface area (Å²) in [7, 11) is 4.35. The van der Waals surface area contributed by atoms with Gasteiger partial charge in [-0.1, -0.05) is 129 Å². The largest absolute Gasteiger partial charge is 0.309 e. The summed E-state index contributed by atoms with van der Waals surface area (Å²) in [5.74, 6) is 0. The maximum Gasteiger partial charge on any atom is -0.00248 e. The summed E-state index contributed by atoms with van der Waals surface area (Å²) in [5.41, 5.74) is 0. The van der Waals surface area contributed by atoms with Gasteiger partial charge in [0.15, 0.2) is 0 Å². The molecule has 0 radical (unpaired) electrons. The molecule has 0 saturated carbocycles. The summed E-state index contributed by atoms with van der Waals surface area (Å²) in [6.07, 6.45) is 29.3. The minimum absolute atomic E-state index is 0. The van der Waals surface area contributed by atoms with Crippen LogP contribution in [0.1, 0.15) is 135 Å². The summed E-state index contributed by atoms with van der Waals surface area (Å²) in [5, 5.41) is 0. The van der Waals surface area contributed by atoms with Crippen LogP contribution in [0.2, 0.25) is 0 Å². The molecule has 0 aliphatic heterocycles. The molecule has 0 N–H and O–H groups in total. The number of nitrogens with zero attached hydrogens (tertiary/aromatic N) is 1. The first-order valence-electron chi connectivity index (χ1n) is 11.9. The third kappa shape index (κ3) is 26.6. The van der Waals surface area contributed by atoms with Gasteiger partial charge in [-0.3, -0.25) is 0 Å². The highest BCUT2D eigenvalue weighted by molar-refractivity contribution is 6.92. The van der Waals surface area contributed by atoms with Crippen molar-refractivity contribution in [2.75, 3.05) is 20.6 Å². The smallest absolute Gasteiger partial charge is 0.00248 e. The van der Waals surface area contributed by atoms with E-state index in [0.717, 1.165) is 0 Å². The van der Waals surface area contributed by atoms with Crippen LogP contribution in [-0.2, 0) is 0 Å². The van der Waals surface area contributed by atoms with Crippen molar-refractivity contribution in [3.05, 3.63) is 0 Å². The fraction of sp³-hybridized carbons (Fsp3) is 1.00. The fourth-order valence-corrected chi connectivity index (χ4v) is 3.68. The van der Waals surface area contributed by atoms with Crippen molar-refractivity contribution in [1.82, 2.24) is 4.90 Å². The Balaban J connectivity index is 0. The number of hydrogen-bond acceptors (Lipinski definition) is 1. The lowest BCUT2D eigenvalue weighted by Crippen LogP contribution is -2.12. The summed E-state index contributed by atoms with van der Waals surface area (Å²) in [4.78, 5) is 2.30. The number of rotatable bonds is 21. The summed E-state index contributed by atoms with van der Waals surface area (Å²) < 4.78 is 0. The average molecular weight is 388 g/mol. The SMILES string of the molecule is CCCCCCCCCCCCCCCCCCCCCCN(C)C.P. The van der Waals surface area contributed by atoms with Gasteiger partial charge in [0, 0.05) is 0 Å². The molecule has 0 aromatic heterocycles. The van der Waals surface area contributed by atoms with Crippen molar-refractivity contribution in [3.8, 4) is 0 Å². The molecule has 0 bridgehead atoms. The maximum absolute atomic E-state index is 2.30. The predicted octanol–water partition coefficient (Wildman–Crippen LogP) is 8.43. The second kappa shape index (κ2) is 25.4. The van der Waals surface area contributed by atoms with Crippen LogP contribution in [0.3, 0.4) is 0 Å². The lowest BCUT2D eigenvalue weighted by molar-refractivity contribution is 0.389. The predicted molar refractivity (Wildman–Crippen MR) is 128 cm³/mol. The van der Waals surface area contributed by atoms with E-state index in [1.54, 1.807) is 0 Å². The highest BCUT2D eigenvalue weighted by Gasteiger charge is 1.95. The molecule has 26 heavy (non-hydrogen) atoms. The van der Waals surface area contributed by atoms with Crippen molar-refractivity contribution in [2.45, 2.75) is 135 Å². The first-order valence-corrected chi connectivity index (χ1v) is 11.9. The van der Waals surface area contributed by atoms with Crippen molar-refractivity contribution in [3.63, 3.8) is 0 Å². The average Bonchev–Trinajstić information content (AvgIpc) is 2.60. The van der Waals surface area contributed by atoms with Crippen molar-refractivity contribution >= 4 is 9.90 Å². The Hall–Kier alpha value is 0.390. The minimum atomic E-state index is 0. The molecular formula is C24H54NP. The zero-order chi connectivity index (χ0) is 18.4. The Morgan fingerprint density at radius 1 is 0.385 bits per heavy atom. The molecular weight excluding hydrogens is 333 g/mol. The van der Waals surface area contributed by atoms with E-state index in [1.807, 2.05) is 0 Å². The quantitative estimate of drug-likeness (QED) is 0.141. The fourth-order valence-electron chi connectivity index (χ4n) is 3.68. The van der Waals surface area contributed by atoms with Crippen LogP contribution in [0, 0.1) is 0 Å². The molecule has 0 rings (SSSR count). The van der Waals surface area contributed by atoms with E-state index in [4.69, 9.17) is 0 Å². The Morgan fingerprint density at radius 2 is 0.615 bits per heavy atom. The van der Waals surface area contributed by atoms with Gasteiger partial charge < -0.3 is 4.90 Å². The monoisotopic (exact) mass is 387 g/mol. The second-order valence-corrected chi connectivity index (χ2v) is 8.52. The van der Waals surface area contributed by atoms with Crippen LogP contribution >= 0.6 is 9.90 Å². The van der Waals surface area contributed by atoms with Gasteiger partial charge in [0.05, 0.1) is 0 Å². The third-order valence-corrected chi connectivity index (χ3v) is 5.46. The van der Waals surface area contributed by atoms with Gasteiger partial charge in [-0.25, -0.2) is 0 Å². The molecule has 0 aliphatic rings. The van der Waals surface area contributed by atoms with E-state index in [0.29, 0.717) is 0 Å². The van der Waals surface area contributed by atoms with Crippen molar-refractivity contribution < 1.29 is 0 Å². The van der Waals surface area contributed by atoms with E-state index in [1.165, 1.54) is 135 Å². The molecule has 1 atom stereocenters. The van der Waals surface area contributed by atoms with E-state index < -0.39 is 0 Å². The van der Waals surface area contributed by atoms with Crippen LogP contribution in [0.25, 0.3) is 0 Å². The topological polar surface area (TPSA) is 3.24 Å². The zero-order valence-electron chi connectivity index (χ0n) is 19.0. The number of hydrogen-bond donors (Lipinski definition) is 0. The van der Waals surface area contributed by atoms with Gasteiger partial charge in [0.25, 0.3) is 0 Å². The van der Waals surface area contributed by atoms with Crippen LogP contribution in [-0.4, -0.2) is 25.5 Å². The Labute approximate surface area is 171 Å². The molecule has 0 fully saturated rings. The Kier molecular flexibility index (Phi) is 27.9. The summed E-state index contributed by atoms with van der Waals surface area (Å²) >= 11 is 0. The van der Waals surface area contributed by atoms with E-state index >= 15 is 0 Å². The second-order valence-electron chi connectivity index (χ2n) is 8.52. The van der Waals surface area contributed by atoms with Gasteiger partial charge in [-0.15, -0.1) is 0 Å². The van der Waals surface area contributed by atoms with E-state index in [9.17, 15) is 0 Å². The minimum Gasteiger partial charge on any atom is -0.309 e. The van der Waals surface area contributed by atoms with Crippen LogP contribution in [0.5, 0.6) is 0 Å². The van der Waals surface area contributed by atoms with Crippen LogP contribution in [0.4, 0.5) is 0 Å². The lowest BCUT2D eigenvalue weighted by atomic mass is 10.0. The molecule has 0 spiro atoms. The van der Waals surface area contributed by atoms with Gasteiger partial charge >= 0.3 is 0 Å². The molecule has 0 aromatic rings. The molecule has 0 heterocycles. The van der Waals surface area contributed by atoms with Crippen LogP contribution < -0.4 is 0 Å². The highest BCUT2D eigenvalue weighted by atomic mass is 31.0. The molecule has 1 unspecified atom stereocenters. The first kappa shape index (κ1) is 28.6. The third-order valence-electron chi connectivity index (χ3n) is 5.46. The van der Waals surface area contributed by atoms with Gasteiger partial charge in [0.1, 0.15) is 0 Å². The number of unbranched alkanes of at least 4 members (excludes halogenated alkanes) is 19. The standard InChI is InChI=1S/C24H51N.H3P/c1-4-5-6-7-8-9-10-11-12-13-14-15-16-17-18-19-20-21-22-23-24-25(2)3;/h4-24H2,1-3H3;1H3. The molecule has 0 saturated heterocycles. The summed E-state index contributed by atoms with van der Waals surface area (Å²) in [6, 6.07) is 0. The molecule has 1 nitrogen and oxygen atoms in total. The molecule has 0 aromatic carbocycles. The molecule has 0 amide bonds. The first-order chi connectivity index (χ1) is 12.3. The van der Waals surface area contributed by atoms with Crippen molar-refractivity contribution in [1.29, 1.82) is 0 Å². The maximum atomic E-state index is 2.30. The Morgan fingerprint density at radius 3 is 0.846 bits per heavy atom. The van der Waals surface area contributed by atoms with Gasteiger partial charge in [0.2, 0.25) is 0 Å². The van der Waals surface area contributed by atoms with Gasteiger partial charge in [-0.05, 0) is 27.1 Å². The highest BCUT2D eigenvalue weighted by Crippen LogP contribution is 2.14. The Bertz CT molecular complexity index is 230.